The fraction of sp³-hybridized carbons (Fsp3) is 0.600. The maximum absolute atomic E-state index is 5.69. The quantitative estimate of drug-likeness (QED) is 0.871. The molecule has 1 saturated heterocycles. The predicted molar refractivity (Wildman–Crippen MR) is 72.6 cm³/mol. The number of likely N-dealkylation sites (tertiary alicyclic amines) is 1. The molecule has 1 aromatic carbocycles. The third-order valence-corrected chi connectivity index (χ3v) is 4.80. The molecule has 0 amide bonds. The molecule has 2 aliphatic heterocycles. The SMILES string of the molecule is NCCN1CC2CCc3c(ccc4c3OCO4)C2C1. The van der Waals surface area contributed by atoms with E-state index in [1.54, 1.807) is 0 Å². The molecule has 1 aromatic rings. The van der Waals surface area contributed by atoms with Crippen molar-refractivity contribution >= 4 is 0 Å². The van der Waals surface area contributed by atoms with Crippen molar-refractivity contribution in [1.29, 1.82) is 0 Å². The summed E-state index contributed by atoms with van der Waals surface area (Å²) >= 11 is 0. The number of fused-ring (bicyclic) bond motifs is 5. The Kier molecular flexibility index (Phi) is 2.67. The Bertz CT molecular complexity index is 503. The van der Waals surface area contributed by atoms with Crippen molar-refractivity contribution in [3.63, 3.8) is 0 Å². The highest BCUT2D eigenvalue weighted by Gasteiger charge is 2.39. The van der Waals surface area contributed by atoms with Crippen molar-refractivity contribution < 1.29 is 9.47 Å². The summed E-state index contributed by atoms with van der Waals surface area (Å²) in [6.45, 7) is 4.50. The molecule has 2 N–H and O–H groups in total. The minimum atomic E-state index is 0.374. The predicted octanol–water partition coefficient (Wildman–Crippen LogP) is 1.34. The Balaban J connectivity index is 1.68. The number of benzene rings is 1. The minimum Gasteiger partial charge on any atom is -0.454 e. The molecule has 1 aliphatic carbocycles. The Labute approximate surface area is 113 Å². The number of ether oxygens (including phenoxy) is 2. The third kappa shape index (κ3) is 1.74. The van der Waals surface area contributed by atoms with E-state index in [1.807, 2.05) is 0 Å². The van der Waals surface area contributed by atoms with Crippen LogP contribution in [0.4, 0.5) is 0 Å². The van der Waals surface area contributed by atoms with Crippen LogP contribution in [0.2, 0.25) is 0 Å². The maximum atomic E-state index is 5.69. The molecule has 3 aliphatic rings. The Morgan fingerprint density at radius 2 is 2.21 bits per heavy atom. The van der Waals surface area contributed by atoms with Crippen LogP contribution in [-0.2, 0) is 6.42 Å². The van der Waals surface area contributed by atoms with Crippen LogP contribution in [0.25, 0.3) is 0 Å². The highest BCUT2D eigenvalue weighted by Crippen LogP contribution is 2.48. The van der Waals surface area contributed by atoms with Crippen LogP contribution < -0.4 is 15.2 Å². The second-order valence-corrected chi connectivity index (χ2v) is 5.82. The first-order valence-corrected chi connectivity index (χ1v) is 7.20. The summed E-state index contributed by atoms with van der Waals surface area (Å²) in [5, 5.41) is 0. The van der Waals surface area contributed by atoms with Crippen molar-refractivity contribution in [2.24, 2.45) is 11.7 Å². The van der Waals surface area contributed by atoms with Crippen LogP contribution in [0.15, 0.2) is 12.1 Å². The van der Waals surface area contributed by atoms with Crippen molar-refractivity contribution in [3.05, 3.63) is 23.3 Å². The lowest BCUT2D eigenvalue weighted by Gasteiger charge is -2.28. The summed E-state index contributed by atoms with van der Waals surface area (Å²) in [7, 11) is 0. The Hall–Kier alpha value is -1.26. The molecule has 0 saturated carbocycles. The van der Waals surface area contributed by atoms with Gasteiger partial charge in [-0.25, -0.2) is 0 Å². The van der Waals surface area contributed by atoms with Gasteiger partial charge < -0.3 is 20.1 Å². The topological polar surface area (TPSA) is 47.7 Å². The fourth-order valence-corrected chi connectivity index (χ4v) is 3.95. The highest BCUT2D eigenvalue weighted by molar-refractivity contribution is 5.54. The van der Waals surface area contributed by atoms with Gasteiger partial charge in [-0.3, -0.25) is 0 Å². The van der Waals surface area contributed by atoms with Crippen LogP contribution in [0.3, 0.4) is 0 Å². The molecular formula is C15H20N2O2. The first kappa shape index (κ1) is 11.6. The Morgan fingerprint density at radius 3 is 3.11 bits per heavy atom. The monoisotopic (exact) mass is 260 g/mol. The molecule has 19 heavy (non-hydrogen) atoms. The van der Waals surface area contributed by atoms with E-state index in [-0.39, 0.29) is 0 Å². The van der Waals surface area contributed by atoms with Crippen LogP contribution in [0, 0.1) is 5.92 Å². The van der Waals surface area contributed by atoms with Gasteiger partial charge in [0.25, 0.3) is 0 Å². The molecule has 0 bridgehead atoms. The summed E-state index contributed by atoms with van der Waals surface area (Å²) < 4.78 is 11.2. The van der Waals surface area contributed by atoms with Gasteiger partial charge in [-0.05, 0) is 30.4 Å². The zero-order valence-electron chi connectivity index (χ0n) is 11.1. The highest BCUT2D eigenvalue weighted by atomic mass is 16.7. The van der Waals surface area contributed by atoms with Crippen LogP contribution in [0.1, 0.15) is 23.5 Å². The number of nitrogens with two attached hydrogens (primary N) is 1. The summed E-state index contributed by atoms with van der Waals surface area (Å²) in [4.78, 5) is 2.51. The second-order valence-electron chi connectivity index (χ2n) is 5.82. The van der Waals surface area contributed by atoms with Crippen LogP contribution in [-0.4, -0.2) is 37.9 Å². The summed E-state index contributed by atoms with van der Waals surface area (Å²) in [6, 6.07) is 4.33. The van der Waals surface area contributed by atoms with Gasteiger partial charge in [-0.1, -0.05) is 6.07 Å². The number of nitrogens with zero attached hydrogens (tertiary/aromatic N) is 1. The zero-order valence-corrected chi connectivity index (χ0v) is 11.1. The van der Waals surface area contributed by atoms with E-state index >= 15 is 0 Å². The average molecular weight is 260 g/mol. The van der Waals surface area contributed by atoms with Crippen LogP contribution in [0.5, 0.6) is 11.5 Å². The lowest BCUT2D eigenvalue weighted by Crippen LogP contribution is -2.27. The van der Waals surface area contributed by atoms with Crippen molar-refractivity contribution in [2.75, 3.05) is 33.0 Å². The molecule has 2 atom stereocenters. The van der Waals surface area contributed by atoms with Gasteiger partial charge in [0.15, 0.2) is 11.5 Å². The van der Waals surface area contributed by atoms with Gasteiger partial charge in [-0.15, -0.1) is 0 Å². The number of rotatable bonds is 2. The van der Waals surface area contributed by atoms with E-state index < -0.39 is 0 Å². The van der Waals surface area contributed by atoms with E-state index in [0.29, 0.717) is 12.7 Å². The van der Waals surface area contributed by atoms with Crippen molar-refractivity contribution in [3.8, 4) is 11.5 Å². The van der Waals surface area contributed by atoms with E-state index in [1.165, 1.54) is 24.1 Å². The molecule has 4 heteroatoms. The van der Waals surface area contributed by atoms with E-state index in [0.717, 1.165) is 43.5 Å². The second kappa shape index (κ2) is 4.39. The summed E-state index contributed by atoms with van der Waals surface area (Å²) in [6.07, 6.45) is 2.39. The number of hydrogen-bond donors (Lipinski definition) is 1. The summed E-state index contributed by atoms with van der Waals surface area (Å²) in [5.74, 6) is 3.38. The van der Waals surface area contributed by atoms with Gasteiger partial charge >= 0.3 is 0 Å². The van der Waals surface area contributed by atoms with Gasteiger partial charge in [0.2, 0.25) is 6.79 Å². The molecule has 0 aromatic heterocycles. The van der Waals surface area contributed by atoms with Gasteiger partial charge in [0.1, 0.15) is 0 Å². The zero-order chi connectivity index (χ0) is 12.8. The van der Waals surface area contributed by atoms with Gasteiger partial charge in [0.05, 0.1) is 0 Å². The van der Waals surface area contributed by atoms with Crippen molar-refractivity contribution in [1.82, 2.24) is 4.90 Å². The Morgan fingerprint density at radius 1 is 1.26 bits per heavy atom. The summed E-state index contributed by atoms with van der Waals surface area (Å²) in [5.41, 5.74) is 8.57. The molecule has 0 spiro atoms. The molecule has 2 heterocycles. The van der Waals surface area contributed by atoms with E-state index in [4.69, 9.17) is 15.2 Å². The van der Waals surface area contributed by atoms with E-state index in [2.05, 4.69) is 17.0 Å². The maximum Gasteiger partial charge on any atom is 0.231 e. The van der Waals surface area contributed by atoms with E-state index in [9.17, 15) is 0 Å². The lowest BCUT2D eigenvalue weighted by molar-refractivity contribution is 0.173. The first-order chi connectivity index (χ1) is 9.36. The molecular weight excluding hydrogens is 240 g/mol. The van der Waals surface area contributed by atoms with Crippen molar-refractivity contribution in [2.45, 2.75) is 18.8 Å². The average Bonchev–Trinajstić information content (AvgIpc) is 3.03. The standard InChI is InChI=1S/C15H20N2O2/c16-5-6-17-7-10-1-2-12-11(13(10)8-17)3-4-14-15(12)19-9-18-14/h3-4,10,13H,1-2,5-9,16H2. The molecule has 102 valence electrons. The third-order valence-electron chi connectivity index (χ3n) is 4.80. The molecule has 2 unspecified atom stereocenters. The lowest BCUT2D eigenvalue weighted by atomic mass is 9.77. The first-order valence-electron chi connectivity index (χ1n) is 7.20. The molecule has 1 fully saturated rings. The minimum absolute atomic E-state index is 0.374. The largest absolute Gasteiger partial charge is 0.454 e. The molecule has 0 radical (unpaired) electrons. The normalized spacial score (nSPS) is 28.3. The van der Waals surface area contributed by atoms with Crippen LogP contribution >= 0.6 is 0 Å². The fourth-order valence-electron chi connectivity index (χ4n) is 3.95. The number of hydrogen-bond acceptors (Lipinski definition) is 4. The molecule has 4 rings (SSSR count). The smallest absolute Gasteiger partial charge is 0.231 e. The molecule has 4 nitrogen and oxygen atoms in total. The van der Waals surface area contributed by atoms with Gasteiger partial charge in [0, 0.05) is 37.7 Å². The van der Waals surface area contributed by atoms with Gasteiger partial charge in [-0.2, -0.15) is 0 Å².